The minimum atomic E-state index is 0.0861. The van der Waals surface area contributed by atoms with Gasteiger partial charge in [-0.1, -0.05) is 165 Å². The second kappa shape index (κ2) is 14.2. The zero-order valence-electron chi connectivity index (χ0n) is 33.6. The van der Waals surface area contributed by atoms with Crippen LogP contribution in [0, 0.1) is 5.92 Å². The van der Waals surface area contributed by atoms with E-state index in [0.29, 0.717) is 5.84 Å². The van der Waals surface area contributed by atoms with Gasteiger partial charge in [0.05, 0.1) is 33.5 Å². The van der Waals surface area contributed by atoms with Crippen molar-refractivity contribution in [1.82, 2.24) is 4.57 Å². The Hall–Kier alpha value is -7.82. The van der Waals surface area contributed by atoms with E-state index in [1.165, 1.54) is 32.7 Å². The van der Waals surface area contributed by atoms with Gasteiger partial charge in [0.1, 0.15) is 11.2 Å². The molecule has 288 valence electrons. The highest BCUT2D eigenvalue weighted by Crippen LogP contribution is 2.44. The van der Waals surface area contributed by atoms with Crippen molar-refractivity contribution in [3.63, 3.8) is 0 Å². The molecule has 4 nitrogen and oxygen atoms in total. The maximum atomic E-state index is 6.64. The molecule has 0 saturated heterocycles. The fraction of sp³-hybridized carbons (Fsp3) is 0.0526. The fourth-order valence-corrected chi connectivity index (χ4v) is 9.49. The van der Waals surface area contributed by atoms with Gasteiger partial charge in [-0.2, -0.15) is 0 Å². The molecule has 0 radical (unpaired) electrons. The first-order valence-electron chi connectivity index (χ1n) is 21.0. The summed E-state index contributed by atoms with van der Waals surface area (Å²) in [5.41, 5.74) is 12.4. The summed E-state index contributed by atoms with van der Waals surface area (Å²) in [6, 6.07) is 69.2. The first-order valence-corrected chi connectivity index (χ1v) is 21.0. The predicted octanol–water partition coefficient (Wildman–Crippen LogP) is 15.0. The van der Waals surface area contributed by atoms with Crippen LogP contribution in [0.2, 0.25) is 0 Å². The van der Waals surface area contributed by atoms with E-state index in [9.17, 15) is 0 Å². The molecule has 0 fully saturated rings. The number of aromatic nitrogens is 1. The van der Waals surface area contributed by atoms with Crippen molar-refractivity contribution in [2.24, 2.45) is 15.9 Å². The van der Waals surface area contributed by atoms with Crippen molar-refractivity contribution in [1.29, 1.82) is 0 Å². The summed E-state index contributed by atoms with van der Waals surface area (Å²) in [6.07, 6.45) is 3.08. The molecular weight excluding hydrogens is 743 g/mol. The van der Waals surface area contributed by atoms with Gasteiger partial charge in [-0.15, -0.1) is 0 Å². The third-order valence-electron chi connectivity index (χ3n) is 12.4. The van der Waals surface area contributed by atoms with E-state index >= 15 is 0 Å². The average Bonchev–Trinajstić information content (AvgIpc) is 3.85. The summed E-state index contributed by atoms with van der Waals surface area (Å²) in [5.74, 6) is 0.772. The fourth-order valence-electron chi connectivity index (χ4n) is 9.49. The normalized spacial score (nSPS) is 15.6. The smallest absolute Gasteiger partial charge is 0.160 e. The van der Waals surface area contributed by atoms with Gasteiger partial charge in [0.2, 0.25) is 0 Å². The Kier molecular flexibility index (Phi) is 8.17. The van der Waals surface area contributed by atoms with Crippen LogP contribution >= 0.6 is 0 Å². The van der Waals surface area contributed by atoms with E-state index in [4.69, 9.17) is 14.4 Å². The van der Waals surface area contributed by atoms with Gasteiger partial charge in [0.25, 0.3) is 0 Å². The molecule has 2 aromatic heterocycles. The van der Waals surface area contributed by atoms with Crippen molar-refractivity contribution in [2.75, 3.05) is 0 Å². The monoisotopic (exact) mass is 781 g/mol. The summed E-state index contributed by atoms with van der Waals surface area (Å²) in [4.78, 5) is 11.4. The van der Waals surface area contributed by atoms with Crippen LogP contribution in [0.25, 0.3) is 87.8 Å². The number of furan rings is 1. The lowest BCUT2D eigenvalue weighted by atomic mass is 9.91. The predicted molar refractivity (Wildman–Crippen MR) is 256 cm³/mol. The molecule has 0 amide bonds. The number of allylic oxidation sites excluding steroid dienone is 1. The van der Waals surface area contributed by atoms with E-state index in [1.54, 1.807) is 0 Å². The first-order chi connectivity index (χ1) is 30.2. The third kappa shape index (κ3) is 5.83. The molecule has 4 heteroatoms. The Balaban J connectivity index is 1.16. The number of nitrogens with zero attached hydrogens (tertiary/aromatic N) is 3. The molecule has 0 aliphatic carbocycles. The molecule has 1 unspecified atom stereocenters. The average molecular weight is 782 g/mol. The van der Waals surface area contributed by atoms with E-state index in [1.807, 2.05) is 6.07 Å². The van der Waals surface area contributed by atoms with Crippen molar-refractivity contribution in [2.45, 2.75) is 13.3 Å². The molecule has 11 aromatic rings. The Morgan fingerprint density at radius 3 is 2.02 bits per heavy atom. The van der Waals surface area contributed by atoms with Gasteiger partial charge in [0.15, 0.2) is 5.84 Å². The van der Waals surface area contributed by atoms with E-state index in [2.05, 4.69) is 206 Å². The lowest BCUT2D eigenvalue weighted by Gasteiger charge is -2.21. The number of benzene rings is 9. The largest absolute Gasteiger partial charge is 0.456 e. The zero-order chi connectivity index (χ0) is 40.4. The topological polar surface area (TPSA) is 42.8 Å². The summed E-state index contributed by atoms with van der Waals surface area (Å²) in [5, 5.41) is 9.20. The highest BCUT2D eigenvalue weighted by molar-refractivity contribution is 6.21. The molecule has 61 heavy (non-hydrogen) atoms. The Bertz CT molecular complexity index is 3630. The van der Waals surface area contributed by atoms with Crippen molar-refractivity contribution in [3.05, 3.63) is 217 Å². The van der Waals surface area contributed by atoms with Gasteiger partial charge in [-0.25, -0.2) is 9.98 Å². The number of rotatable bonds is 5. The molecule has 12 rings (SSSR count). The van der Waals surface area contributed by atoms with Gasteiger partial charge in [-0.3, -0.25) is 0 Å². The minimum absolute atomic E-state index is 0.0861. The van der Waals surface area contributed by atoms with Crippen LogP contribution in [0.15, 0.2) is 215 Å². The van der Waals surface area contributed by atoms with Crippen LogP contribution in [-0.4, -0.2) is 16.1 Å². The maximum Gasteiger partial charge on any atom is 0.160 e. The highest BCUT2D eigenvalue weighted by atomic mass is 16.3. The van der Waals surface area contributed by atoms with Gasteiger partial charge in [-0.05, 0) is 87.1 Å². The number of para-hydroxylation sites is 2. The summed E-state index contributed by atoms with van der Waals surface area (Å²) in [6.45, 7) is 2.29. The molecule has 0 spiro atoms. The molecule has 1 atom stereocenters. The molecule has 0 saturated carbocycles. The zero-order valence-corrected chi connectivity index (χ0v) is 33.6. The van der Waals surface area contributed by atoms with Crippen LogP contribution in [0.1, 0.15) is 30.0 Å². The number of fused-ring (bicyclic) bond motifs is 8. The molecule has 0 bridgehead atoms. The third-order valence-corrected chi connectivity index (χ3v) is 12.4. The second-order valence-corrected chi connectivity index (χ2v) is 16.1. The maximum absolute atomic E-state index is 6.64. The Morgan fingerprint density at radius 2 is 1.15 bits per heavy atom. The summed E-state index contributed by atoms with van der Waals surface area (Å²) in [7, 11) is 0. The lowest BCUT2D eigenvalue weighted by molar-refractivity contribution is 0.669. The van der Waals surface area contributed by atoms with Crippen molar-refractivity contribution >= 4 is 82.5 Å². The number of hydrogen-bond acceptors (Lipinski definition) is 3. The quantitative estimate of drug-likeness (QED) is 0.171. The Morgan fingerprint density at radius 1 is 0.475 bits per heavy atom. The molecular formula is C57H39N3O. The van der Waals surface area contributed by atoms with Crippen molar-refractivity contribution in [3.8, 4) is 16.8 Å². The van der Waals surface area contributed by atoms with Crippen LogP contribution < -0.4 is 0 Å². The molecule has 0 N–H and O–H groups in total. The Labute approximate surface area is 353 Å². The summed E-state index contributed by atoms with van der Waals surface area (Å²) >= 11 is 0. The number of aliphatic imine (C=N–C) groups is 2. The van der Waals surface area contributed by atoms with E-state index in [0.717, 1.165) is 84.0 Å². The van der Waals surface area contributed by atoms with Crippen molar-refractivity contribution < 1.29 is 4.42 Å². The second-order valence-electron chi connectivity index (χ2n) is 16.1. The highest BCUT2D eigenvalue weighted by Gasteiger charge is 2.25. The van der Waals surface area contributed by atoms with Crippen LogP contribution in [0.4, 0.5) is 0 Å². The summed E-state index contributed by atoms with van der Waals surface area (Å²) < 4.78 is 9.10. The molecule has 3 heterocycles. The SMILES string of the molecule is CC1C/C=C(\c2ccc3oc4ccccc4c3c2-n2c3ccccc3c3cc4ccccc4cc32)N=C(c2cccc3ccccc23)N=C1c1cccc(-c2ccccc2)c1. The number of amidine groups is 1. The van der Waals surface area contributed by atoms with Crippen LogP contribution in [-0.2, 0) is 0 Å². The molecule has 9 aromatic carbocycles. The lowest BCUT2D eigenvalue weighted by Crippen LogP contribution is -2.17. The van der Waals surface area contributed by atoms with Crippen LogP contribution in [0.5, 0.6) is 0 Å². The molecule has 1 aliphatic rings. The van der Waals surface area contributed by atoms with Gasteiger partial charge >= 0.3 is 0 Å². The first kappa shape index (κ1) is 35.2. The number of hydrogen-bond donors (Lipinski definition) is 0. The molecule has 1 aliphatic heterocycles. The van der Waals surface area contributed by atoms with Gasteiger partial charge < -0.3 is 8.98 Å². The standard InChI is InChI=1S/C57H39N3O/c1-36-29-31-49(58-57(45-26-14-20-38-17-7-8-23-43(38)45)59-55(36)42-22-13-21-39(33-42)37-15-3-2-4-16-37)46-30-32-53-54(47-25-10-12-28-52(47)61-53)56(46)60-50-27-11-9-24-44(50)48-34-40-18-5-6-19-41(40)35-51(48)60/h2-28,30-36H,29H2,1H3/b49-31+,58-57?,59-55?. The van der Waals surface area contributed by atoms with Crippen LogP contribution in [0.3, 0.4) is 0 Å². The van der Waals surface area contributed by atoms with E-state index in [-0.39, 0.29) is 5.92 Å². The van der Waals surface area contributed by atoms with E-state index < -0.39 is 0 Å². The minimum Gasteiger partial charge on any atom is -0.456 e. The van der Waals surface area contributed by atoms with Gasteiger partial charge in [0, 0.05) is 33.2 Å².